The molecule has 3 rings (SSSR count). The molecule has 0 radical (unpaired) electrons. The molecule has 1 heterocycles. The zero-order chi connectivity index (χ0) is 17.1. The third-order valence-electron chi connectivity index (χ3n) is 4.96. The number of anilines is 2. The summed E-state index contributed by atoms with van der Waals surface area (Å²) in [5, 5.41) is 2.97. The molecular formula is C19H29N3O2. The highest BCUT2D eigenvalue weighted by Crippen LogP contribution is 2.29. The highest BCUT2D eigenvalue weighted by molar-refractivity contribution is 5.94. The second-order valence-corrected chi connectivity index (χ2v) is 7.20. The summed E-state index contributed by atoms with van der Waals surface area (Å²) < 4.78 is 5.63. The van der Waals surface area contributed by atoms with Gasteiger partial charge in [0.1, 0.15) is 6.10 Å². The first-order valence-electron chi connectivity index (χ1n) is 8.99. The van der Waals surface area contributed by atoms with E-state index in [9.17, 15) is 4.79 Å². The molecule has 2 aliphatic rings. The van der Waals surface area contributed by atoms with E-state index < -0.39 is 6.10 Å². The van der Waals surface area contributed by atoms with E-state index in [1.54, 1.807) is 0 Å². The Labute approximate surface area is 145 Å². The van der Waals surface area contributed by atoms with Crippen LogP contribution in [-0.4, -0.2) is 56.7 Å². The van der Waals surface area contributed by atoms with Gasteiger partial charge in [-0.2, -0.15) is 0 Å². The van der Waals surface area contributed by atoms with Crippen molar-refractivity contribution in [3.8, 4) is 0 Å². The summed E-state index contributed by atoms with van der Waals surface area (Å²) in [6.45, 7) is 8.92. The lowest BCUT2D eigenvalue weighted by Crippen LogP contribution is -2.44. The molecule has 1 aromatic rings. The van der Waals surface area contributed by atoms with Gasteiger partial charge in [0.25, 0.3) is 5.91 Å². The lowest BCUT2D eigenvalue weighted by Gasteiger charge is -2.35. The highest BCUT2D eigenvalue weighted by atomic mass is 16.5. The molecular weight excluding hydrogens is 302 g/mol. The van der Waals surface area contributed by atoms with Crippen LogP contribution < -0.4 is 10.2 Å². The van der Waals surface area contributed by atoms with E-state index in [0.29, 0.717) is 12.5 Å². The monoisotopic (exact) mass is 331 g/mol. The van der Waals surface area contributed by atoms with Crippen molar-refractivity contribution in [3.63, 3.8) is 0 Å². The number of nitrogens with one attached hydrogen (secondary N) is 1. The molecule has 1 saturated heterocycles. The number of hydrogen-bond donors (Lipinski definition) is 1. The number of piperazine rings is 1. The SMILES string of the molecule is Cc1cc(NC(=O)[C@H](C)OCC2CC2)ccc1N1CCN(C)CC1. The Morgan fingerprint density at radius 1 is 1.29 bits per heavy atom. The summed E-state index contributed by atoms with van der Waals surface area (Å²) in [6.07, 6.45) is 2.07. The Hall–Kier alpha value is -1.59. The maximum absolute atomic E-state index is 12.2. The molecule has 0 unspecified atom stereocenters. The van der Waals surface area contributed by atoms with Crippen molar-refractivity contribution in [2.45, 2.75) is 32.8 Å². The van der Waals surface area contributed by atoms with Crippen molar-refractivity contribution in [3.05, 3.63) is 23.8 Å². The average molecular weight is 331 g/mol. The minimum absolute atomic E-state index is 0.0672. The lowest BCUT2D eigenvalue weighted by molar-refractivity contribution is -0.126. The van der Waals surface area contributed by atoms with Crippen molar-refractivity contribution < 1.29 is 9.53 Å². The average Bonchev–Trinajstić information content (AvgIpc) is 3.38. The van der Waals surface area contributed by atoms with E-state index >= 15 is 0 Å². The van der Waals surface area contributed by atoms with Gasteiger partial charge in [0.2, 0.25) is 0 Å². The number of carbonyl (C=O) groups is 1. The van der Waals surface area contributed by atoms with Crippen molar-refractivity contribution in [2.24, 2.45) is 5.92 Å². The maximum atomic E-state index is 12.2. The molecule has 1 aliphatic carbocycles. The fraction of sp³-hybridized carbons (Fsp3) is 0.632. The number of rotatable bonds is 6. The van der Waals surface area contributed by atoms with Crippen molar-refractivity contribution >= 4 is 17.3 Å². The number of amides is 1. The molecule has 1 aliphatic heterocycles. The maximum Gasteiger partial charge on any atom is 0.253 e. The van der Waals surface area contributed by atoms with Crippen LogP contribution in [0.2, 0.25) is 0 Å². The first-order chi connectivity index (χ1) is 11.5. The van der Waals surface area contributed by atoms with Crippen LogP contribution in [0.4, 0.5) is 11.4 Å². The summed E-state index contributed by atoms with van der Waals surface area (Å²) in [5.41, 5.74) is 3.31. The number of nitrogens with zero attached hydrogens (tertiary/aromatic N) is 2. The first-order valence-corrected chi connectivity index (χ1v) is 8.99. The number of benzene rings is 1. The van der Waals surface area contributed by atoms with E-state index in [2.05, 4.69) is 41.2 Å². The topological polar surface area (TPSA) is 44.8 Å². The van der Waals surface area contributed by atoms with Gasteiger partial charge in [-0.05, 0) is 63.4 Å². The molecule has 1 saturated carbocycles. The van der Waals surface area contributed by atoms with Crippen molar-refractivity contribution in [2.75, 3.05) is 50.1 Å². The van der Waals surface area contributed by atoms with Gasteiger partial charge < -0.3 is 19.9 Å². The molecule has 0 spiro atoms. The predicted molar refractivity (Wildman–Crippen MR) is 97.7 cm³/mol. The van der Waals surface area contributed by atoms with Crippen molar-refractivity contribution in [1.82, 2.24) is 4.90 Å². The fourth-order valence-corrected chi connectivity index (χ4v) is 3.02. The molecule has 1 N–H and O–H groups in total. The Bertz CT molecular complexity index is 578. The van der Waals surface area contributed by atoms with Crippen molar-refractivity contribution in [1.29, 1.82) is 0 Å². The van der Waals surface area contributed by atoms with E-state index in [1.165, 1.54) is 24.1 Å². The van der Waals surface area contributed by atoms with Gasteiger partial charge in [-0.25, -0.2) is 0 Å². The van der Waals surface area contributed by atoms with Crippen LogP contribution in [0.15, 0.2) is 18.2 Å². The van der Waals surface area contributed by atoms with Crippen LogP contribution in [0.25, 0.3) is 0 Å². The number of aryl methyl sites for hydroxylation is 1. The molecule has 2 fully saturated rings. The Balaban J connectivity index is 1.56. The Kier molecular flexibility index (Phi) is 5.41. The first kappa shape index (κ1) is 17.2. The third-order valence-corrected chi connectivity index (χ3v) is 4.96. The van der Waals surface area contributed by atoms with Crippen LogP contribution in [0.3, 0.4) is 0 Å². The smallest absolute Gasteiger partial charge is 0.253 e. The summed E-state index contributed by atoms with van der Waals surface area (Å²) in [5.74, 6) is 0.604. The van der Waals surface area contributed by atoms with E-state index in [4.69, 9.17) is 4.74 Å². The van der Waals surface area contributed by atoms with Crippen LogP contribution in [-0.2, 0) is 9.53 Å². The van der Waals surface area contributed by atoms with E-state index in [-0.39, 0.29) is 5.91 Å². The molecule has 5 nitrogen and oxygen atoms in total. The number of carbonyl (C=O) groups excluding carboxylic acids is 1. The number of ether oxygens (including phenoxy) is 1. The predicted octanol–water partition coefficient (Wildman–Crippen LogP) is 2.50. The molecule has 5 heteroatoms. The minimum Gasteiger partial charge on any atom is -0.369 e. The highest BCUT2D eigenvalue weighted by Gasteiger charge is 2.24. The Morgan fingerprint density at radius 2 is 2.00 bits per heavy atom. The normalized spacial score (nSPS) is 20.0. The van der Waals surface area contributed by atoms with E-state index in [0.717, 1.165) is 31.9 Å². The van der Waals surface area contributed by atoms with Crippen LogP contribution >= 0.6 is 0 Å². The molecule has 24 heavy (non-hydrogen) atoms. The molecule has 132 valence electrons. The van der Waals surface area contributed by atoms with Gasteiger partial charge in [-0.1, -0.05) is 0 Å². The summed E-state index contributed by atoms with van der Waals surface area (Å²) in [4.78, 5) is 17.0. The molecule has 0 aromatic heterocycles. The standard InChI is InChI=1S/C19H29N3O2/c1-14-12-17(20-19(23)15(2)24-13-16-4-5-16)6-7-18(14)22-10-8-21(3)9-11-22/h6-7,12,15-16H,4-5,8-11,13H2,1-3H3,(H,20,23)/t15-/m0/s1. The van der Waals surface area contributed by atoms with Gasteiger partial charge >= 0.3 is 0 Å². The van der Waals surface area contributed by atoms with Gasteiger partial charge in [-0.15, -0.1) is 0 Å². The summed E-state index contributed by atoms with van der Waals surface area (Å²) >= 11 is 0. The quantitative estimate of drug-likeness (QED) is 0.870. The Morgan fingerprint density at radius 3 is 2.62 bits per heavy atom. The van der Waals surface area contributed by atoms with Gasteiger partial charge in [0.05, 0.1) is 6.61 Å². The number of hydrogen-bond acceptors (Lipinski definition) is 4. The molecule has 1 amide bonds. The molecule has 1 aromatic carbocycles. The number of likely N-dealkylation sites (N-methyl/N-ethyl adjacent to an activating group) is 1. The van der Waals surface area contributed by atoms with Gasteiger partial charge in [-0.3, -0.25) is 4.79 Å². The van der Waals surface area contributed by atoms with Gasteiger partial charge in [0.15, 0.2) is 0 Å². The third kappa shape index (κ3) is 4.48. The zero-order valence-corrected chi connectivity index (χ0v) is 15.0. The molecule has 1 atom stereocenters. The second-order valence-electron chi connectivity index (χ2n) is 7.20. The van der Waals surface area contributed by atoms with Crippen LogP contribution in [0.5, 0.6) is 0 Å². The van der Waals surface area contributed by atoms with Gasteiger partial charge in [0, 0.05) is 37.6 Å². The molecule has 0 bridgehead atoms. The fourth-order valence-electron chi connectivity index (χ4n) is 3.02. The zero-order valence-electron chi connectivity index (χ0n) is 15.0. The lowest BCUT2D eigenvalue weighted by atomic mass is 10.1. The minimum atomic E-state index is -0.400. The summed E-state index contributed by atoms with van der Waals surface area (Å²) in [7, 11) is 2.16. The summed E-state index contributed by atoms with van der Waals surface area (Å²) in [6, 6.07) is 6.16. The van der Waals surface area contributed by atoms with Crippen LogP contribution in [0, 0.1) is 12.8 Å². The largest absolute Gasteiger partial charge is 0.369 e. The second kappa shape index (κ2) is 7.53. The van der Waals surface area contributed by atoms with E-state index in [1.807, 2.05) is 13.0 Å². The van der Waals surface area contributed by atoms with Crippen LogP contribution in [0.1, 0.15) is 25.3 Å².